The molecule has 0 spiro atoms. The summed E-state index contributed by atoms with van der Waals surface area (Å²) in [6.07, 6.45) is 2.76. The van der Waals surface area contributed by atoms with Crippen LogP contribution >= 0.6 is 11.8 Å². The van der Waals surface area contributed by atoms with Crippen LogP contribution in [0.25, 0.3) is 11.1 Å². The average Bonchev–Trinajstić information content (AvgIpc) is 2.66. The van der Waals surface area contributed by atoms with Gasteiger partial charge in [-0.1, -0.05) is 61.6 Å². The summed E-state index contributed by atoms with van der Waals surface area (Å²) in [5, 5.41) is 0. The lowest BCUT2D eigenvalue weighted by Gasteiger charge is -2.18. The fraction of sp³-hybridized carbons (Fsp3) is 0.280. The Morgan fingerprint density at radius 3 is 2.19 bits per heavy atom. The van der Waals surface area contributed by atoms with Crippen molar-refractivity contribution in [3.8, 4) is 0 Å². The number of halogens is 1. The Morgan fingerprint density at radius 2 is 1.67 bits per heavy atom. The molecule has 0 radical (unpaired) electrons. The molecule has 0 fully saturated rings. The van der Waals surface area contributed by atoms with Gasteiger partial charge in [0.2, 0.25) is 0 Å². The molecule has 0 aromatic heterocycles. The second kappa shape index (κ2) is 9.62. The van der Waals surface area contributed by atoms with Gasteiger partial charge in [-0.05, 0) is 85.6 Å². The number of hydrogen-bond donors (Lipinski definition) is 1. The summed E-state index contributed by atoms with van der Waals surface area (Å²) in [5.74, 6) is 0. The van der Waals surface area contributed by atoms with Crippen LogP contribution in [-0.4, -0.2) is 0 Å². The summed E-state index contributed by atoms with van der Waals surface area (Å²) in [6.45, 7) is 17.1. The minimum atomic E-state index is 0.819. The molecule has 0 heterocycles. The average molecular weight is 380 g/mol. The van der Waals surface area contributed by atoms with E-state index in [9.17, 15) is 0 Å². The fourth-order valence-electron chi connectivity index (χ4n) is 3.22. The van der Waals surface area contributed by atoms with E-state index >= 15 is 0 Å². The van der Waals surface area contributed by atoms with Gasteiger partial charge in [0.05, 0.1) is 0 Å². The highest BCUT2D eigenvalue weighted by molar-refractivity contribution is 6.23. The zero-order chi connectivity index (χ0) is 20.0. The maximum Gasteiger partial charge on any atom is 0.0492 e. The van der Waals surface area contributed by atoms with E-state index < -0.39 is 0 Å². The van der Waals surface area contributed by atoms with E-state index in [4.69, 9.17) is 11.8 Å². The van der Waals surface area contributed by atoms with Crippen LogP contribution in [0.15, 0.2) is 66.8 Å². The third-order valence-corrected chi connectivity index (χ3v) is 5.01. The Labute approximate surface area is 169 Å². The van der Waals surface area contributed by atoms with E-state index in [1.54, 1.807) is 0 Å². The first-order valence-electron chi connectivity index (χ1n) is 9.43. The van der Waals surface area contributed by atoms with E-state index in [2.05, 4.69) is 76.0 Å². The molecule has 0 aliphatic heterocycles. The molecule has 27 heavy (non-hydrogen) atoms. The Balaban J connectivity index is 2.41. The van der Waals surface area contributed by atoms with E-state index in [0.29, 0.717) is 0 Å². The summed E-state index contributed by atoms with van der Waals surface area (Å²) in [4.78, 5) is 2.64. The highest BCUT2D eigenvalue weighted by atomic mass is 35.5. The van der Waals surface area contributed by atoms with Crippen LogP contribution in [0, 0.1) is 0 Å². The third kappa shape index (κ3) is 5.61. The number of nitrogens with one attached hydrogen (secondary N) is 1. The van der Waals surface area contributed by atoms with Crippen molar-refractivity contribution in [3.63, 3.8) is 0 Å². The van der Waals surface area contributed by atoms with E-state index in [1.807, 2.05) is 12.1 Å². The largest absolute Gasteiger partial charge is 0.299 e. The molecule has 0 aliphatic rings. The predicted octanol–water partition coefficient (Wildman–Crippen LogP) is 7.83. The maximum atomic E-state index is 5.66. The first-order chi connectivity index (χ1) is 12.8. The van der Waals surface area contributed by atoms with E-state index in [1.165, 1.54) is 33.4 Å². The standard InChI is InChI=1S/C25H30ClN/c1-7-20-8-9-22(25(16-20)24(18(4)5)14-17(2)3)15-19(6)21-10-12-23(27-26)13-11-21/h8-13,16,27H,2,6-7,14-15H2,1,3-5H3. The number of allylic oxidation sites excluding steroid dienone is 4. The summed E-state index contributed by atoms with van der Waals surface area (Å²) < 4.78 is 0. The van der Waals surface area contributed by atoms with Crippen molar-refractivity contribution in [2.24, 2.45) is 0 Å². The molecular formula is C25H30ClN. The fourth-order valence-corrected chi connectivity index (χ4v) is 3.35. The Hall–Kier alpha value is -2.25. The number of benzene rings is 2. The Bertz CT molecular complexity index is 852. The molecule has 0 amide bonds. The van der Waals surface area contributed by atoms with Gasteiger partial charge in [-0.3, -0.25) is 4.84 Å². The smallest absolute Gasteiger partial charge is 0.0492 e. The quantitative estimate of drug-likeness (QED) is 0.364. The van der Waals surface area contributed by atoms with Gasteiger partial charge in [0.25, 0.3) is 0 Å². The van der Waals surface area contributed by atoms with Crippen LogP contribution in [0.3, 0.4) is 0 Å². The summed E-state index contributed by atoms with van der Waals surface area (Å²) >= 11 is 5.66. The van der Waals surface area contributed by atoms with Crippen molar-refractivity contribution in [2.75, 3.05) is 4.84 Å². The molecule has 1 nitrogen and oxygen atoms in total. The molecule has 1 N–H and O–H groups in total. The molecule has 2 aromatic rings. The van der Waals surface area contributed by atoms with Crippen molar-refractivity contribution in [1.82, 2.24) is 0 Å². The van der Waals surface area contributed by atoms with Gasteiger partial charge >= 0.3 is 0 Å². The molecule has 2 rings (SSSR count). The number of aryl methyl sites for hydroxylation is 1. The van der Waals surface area contributed by atoms with Crippen molar-refractivity contribution >= 4 is 28.6 Å². The molecule has 0 unspecified atom stereocenters. The van der Waals surface area contributed by atoms with Gasteiger partial charge in [0, 0.05) is 17.5 Å². The first kappa shape index (κ1) is 21.1. The Kier molecular flexibility index (Phi) is 7.50. The van der Waals surface area contributed by atoms with Gasteiger partial charge in [-0.25, -0.2) is 0 Å². The molecule has 0 aliphatic carbocycles. The molecule has 0 atom stereocenters. The minimum absolute atomic E-state index is 0.819. The van der Waals surface area contributed by atoms with Crippen LogP contribution < -0.4 is 4.84 Å². The van der Waals surface area contributed by atoms with E-state index in [-0.39, 0.29) is 0 Å². The molecule has 142 valence electrons. The number of rotatable bonds is 8. The van der Waals surface area contributed by atoms with Crippen LogP contribution in [-0.2, 0) is 12.8 Å². The Morgan fingerprint density at radius 1 is 1.00 bits per heavy atom. The number of hydrogen-bond acceptors (Lipinski definition) is 1. The second-order valence-electron chi connectivity index (χ2n) is 7.41. The zero-order valence-electron chi connectivity index (χ0n) is 17.0. The van der Waals surface area contributed by atoms with Gasteiger partial charge < -0.3 is 0 Å². The highest BCUT2D eigenvalue weighted by Gasteiger charge is 2.12. The first-order valence-corrected chi connectivity index (χ1v) is 9.81. The van der Waals surface area contributed by atoms with Crippen LogP contribution in [0.2, 0.25) is 0 Å². The molecular weight excluding hydrogens is 350 g/mol. The SMILES string of the molecule is C=C(C)CC(=C(C)C)c1cc(CC)ccc1CC(=C)c1ccc(NCl)cc1. The molecule has 0 saturated carbocycles. The highest BCUT2D eigenvalue weighted by Crippen LogP contribution is 2.32. The van der Waals surface area contributed by atoms with Crippen LogP contribution in [0.1, 0.15) is 56.4 Å². The third-order valence-electron chi connectivity index (χ3n) is 4.80. The lowest BCUT2D eigenvalue weighted by molar-refractivity contribution is 1.11. The predicted molar refractivity (Wildman–Crippen MR) is 122 cm³/mol. The van der Waals surface area contributed by atoms with Crippen molar-refractivity contribution in [2.45, 2.75) is 47.0 Å². The lowest BCUT2D eigenvalue weighted by Crippen LogP contribution is -2.00. The van der Waals surface area contributed by atoms with Crippen molar-refractivity contribution < 1.29 is 0 Å². The summed E-state index contributed by atoms with van der Waals surface area (Å²) in [6, 6.07) is 14.9. The minimum Gasteiger partial charge on any atom is -0.299 e. The molecule has 2 heteroatoms. The topological polar surface area (TPSA) is 12.0 Å². The monoisotopic (exact) mass is 379 g/mol. The molecule has 2 aromatic carbocycles. The maximum absolute atomic E-state index is 5.66. The van der Waals surface area contributed by atoms with Gasteiger partial charge in [0.1, 0.15) is 0 Å². The van der Waals surface area contributed by atoms with Crippen molar-refractivity contribution in [3.05, 3.63) is 89.0 Å². The molecule has 0 saturated heterocycles. The zero-order valence-corrected chi connectivity index (χ0v) is 17.7. The normalized spacial score (nSPS) is 10.4. The lowest BCUT2D eigenvalue weighted by atomic mass is 9.87. The summed E-state index contributed by atoms with van der Waals surface area (Å²) in [7, 11) is 0. The van der Waals surface area contributed by atoms with Crippen LogP contribution in [0.5, 0.6) is 0 Å². The van der Waals surface area contributed by atoms with Gasteiger partial charge in [-0.2, -0.15) is 0 Å². The number of anilines is 1. The molecule has 0 bridgehead atoms. The second-order valence-corrected chi connectivity index (χ2v) is 7.60. The van der Waals surface area contributed by atoms with Gasteiger partial charge in [0.15, 0.2) is 0 Å². The van der Waals surface area contributed by atoms with Gasteiger partial charge in [-0.15, -0.1) is 0 Å². The summed E-state index contributed by atoms with van der Waals surface area (Å²) in [5.41, 5.74) is 11.0. The van der Waals surface area contributed by atoms with Crippen LogP contribution in [0.4, 0.5) is 5.69 Å². The van der Waals surface area contributed by atoms with Crippen molar-refractivity contribution in [1.29, 1.82) is 0 Å². The van der Waals surface area contributed by atoms with E-state index in [0.717, 1.165) is 36.1 Å².